The monoisotopic (exact) mass is 401 g/mol. The van der Waals surface area contributed by atoms with E-state index in [1.54, 1.807) is 4.98 Å². The lowest BCUT2D eigenvalue weighted by Crippen LogP contribution is -2.34. The molecule has 1 aromatic carbocycles. The van der Waals surface area contributed by atoms with Crippen LogP contribution in [0.15, 0.2) is 47.3 Å². The van der Waals surface area contributed by atoms with E-state index in [1.165, 1.54) is 4.90 Å². The summed E-state index contributed by atoms with van der Waals surface area (Å²) in [5, 5.41) is 0. The number of likely N-dealkylation sites (tertiary alicyclic amines) is 1. The van der Waals surface area contributed by atoms with E-state index in [-0.39, 0.29) is 29.8 Å². The van der Waals surface area contributed by atoms with Crippen molar-refractivity contribution in [2.24, 2.45) is 11.7 Å². The van der Waals surface area contributed by atoms with Gasteiger partial charge in [0.25, 0.3) is 11.5 Å². The number of H-pyrrole nitrogens is 1. The number of nitrogens with zero attached hydrogens (tertiary/aromatic N) is 1. The zero-order valence-corrected chi connectivity index (χ0v) is 15.0. The summed E-state index contributed by atoms with van der Waals surface area (Å²) in [6, 6.07) is 11.2. The van der Waals surface area contributed by atoms with Gasteiger partial charge in [-0.2, -0.15) is 13.2 Å². The van der Waals surface area contributed by atoms with Crippen LogP contribution in [0, 0.1) is 5.92 Å². The number of amides is 1. The van der Waals surface area contributed by atoms with Crippen LogP contribution in [0.1, 0.15) is 27.5 Å². The van der Waals surface area contributed by atoms with E-state index < -0.39 is 23.3 Å². The number of aromatic amines is 1. The first kappa shape index (κ1) is 21.0. The molecule has 0 radical (unpaired) electrons. The summed E-state index contributed by atoms with van der Waals surface area (Å²) in [6.45, 7) is 1.09. The number of alkyl halides is 3. The average molecular weight is 402 g/mol. The van der Waals surface area contributed by atoms with Crippen molar-refractivity contribution >= 4 is 18.3 Å². The highest BCUT2D eigenvalue weighted by molar-refractivity contribution is 5.94. The molecule has 9 heteroatoms. The van der Waals surface area contributed by atoms with E-state index in [0.29, 0.717) is 25.7 Å². The maximum absolute atomic E-state index is 12.7. The smallest absolute Gasteiger partial charge is 0.337 e. The van der Waals surface area contributed by atoms with Crippen molar-refractivity contribution in [3.63, 3.8) is 0 Å². The second-order valence-electron chi connectivity index (χ2n) is 6.34. The Morgan fingerprint density at radius 2 is 1.81 bits per heavy atom. The fourth-order valence-electron chi connectivity index (χ4n) is 3.33. The number of carbonyl (C=O) groups is 1. The molecule has 1 saturated heterocycles. The molecule has 1 fully saturated rings. The first-order valence-corrected chi connectivity index (χ1v) is 8.16. The minimum atomic E-state index is -4.67. The molecule has 0 aliphatic carbocycles. The third kappa shape index (κ3) is 4.33. The van der Waals surface area contributed by atoms with Crippen LogP contribution < -0.4 is 11.3 Å². The third-order valence-corrected chi connectivity index (χ3v) is 4.70. The highest BCUT2D eigenvalue weighted by Crippen LogP contribution is 2.32. The highest BCUT2D eigenvalue weighted by Gasteiger charge is 2.37. The maximum atomic E-state index is 12.7. The molecular formula is C18H19ClF3N3O2. The van der Waals surface area contributed by atoms with Gasteiger partial charge in [0.15, 0.2) is 0 Å². The van der Waals surface area contributed by atoms with Crippen LogP contribution >= 0.6 is 12.4 Å². The van der Waals surface area contributed by atoms with Crippen molar-refractivity contribution in [2.75, 3.05) is 19.6 Å². The summed E-state index contributed by atoms with van der Waals surface area (Å²) in [5.74, 6) is -0.537. The van der Waals surface area contributed by atoms with E-state index in [9.17, 15) is 22.8 Å². The second-order valence-corrected chi connectivity index (χ2v) is 6.34. The Balaban J connectivity index is 0.00000261. The van der Waals surface area contributed by atoms with Crippen molar-refractivity contribution in [1.29, 1.82) is 0 Å². The van der Waals surface area contributed by atoms with Crippen molar-refractivity contribution < 1.29 is 18.0 Å². The Kier molecular flexibility index (Phi) is 6.33. The van der Waals surface area contributed by atoms with Gasteiger partial charge >= 0.3 is 6.18 Å². The molecule has 2 aromatic rings. The Morgan fingerprint density at radius 1 is 1.15 bits per heavy atom. The first-order valence-electron chi connectivity index (χ1n) is 8.16. The lowest BCUT2D eigenvalue weighted by atomic mass is 9.89. The van der Waals surface area contributed by atoms with Gasteiger partial charge in [0, 0.05) is 19.0 Å². The number of pyridine rings is 1. The normalized spacial score (nSPS) is 19.6. The zero-order chi connectivity index (χ0) is 18.9. The predicted octanol–water partition coefficient (Wildman–Crippen LogP) is 2.63. The number of rotatable bonds is 3. The second kappa shape index (κ2) is 8.14. The number of nitrogens with one attached hydrogen (secondary N) is 1. The molecule has 1 aromatic heterocycles. The Morgan fingerprint density at radius 3 is 2.37 bits per heavy atom. The number of halogens is 4. The van der Waals surface area contributed by atoms with Crippen LogP contribution in [0.25, 0.3) is 0 Å². The van der Waals surface area contributed by atoms with Gasteiger partial charge in [-0.05, 0) is 30.2 Å². The minimum Gasteiger partial charge on any atom is -0.337 e. The summed E-state index contributed by atoms with van der Waals surface area (Å²) in [5.41, 5.74) is 4.34. The number of aromatic nitrogens is 1. The van der Waals surface area contributed by atoms with Crippen molar-refractivity contribution in [3.8, 4) is 0 Å². The van der Waals surface area contributed by atoms with Crippen LogP contribution in [0.4, 0.5) is 13.2 Å². The Bertz CT molecular complexity index is 855. The summed E-state index contributed by atoms with van der Waals surface area (Å²) < 4.78 is 38.0. The van der Waals surface area contributed by atoms with Gasteiger partial charge < -0.3 is 15.6 Å². The molecule has 2 atom stereocenters. The van der Waals surface area contributed by atoms with Crippen molar-refractivity contribution in [2.45, 2.75) is 12.1 Å². The van der Waals surface area contributed by atoms with Gasteiger partial charge in [0.2, 0.25) is 0 Å². The van der Waals surface area contributed by atoms with Gasteiger partial charge in [-0.25, -0.2) is 0 Å². The standard InChI is InChI=1S/C18H18F3N3O2.ClH/c19-18(20,21)15-7-6-13(16(25)23-15)17(26)24-9-12(8-22)14(10-24)11-4-2-1-3-5-11;/h1-7,12,14H,8-10,22H2,(H,23,25);1H/t12-,14+;/m1./s1. The van der Waals surface area contributed by atoms with E-state index in [0.717, 1.165) is 11.6 Å². The fraction of sp³-hybridized carbons (Fsp3) is 0.333. The summed E-state index contributed by atoms with van der Waals surface area (Å²) >= 11 is 0. The molecule has 5 nitrogen and oxygen atoms in total. The molecule has 1 aliphatic rings. The number of hydrogen-bond acceptors (Lipinski definition) is 3. The molecule has 3 rings (SSSR count). The Labute approximate surface area is 159 Å². The first-order chi connectivity index (χ1) is 12.3. The minimum absolute atomic E-state index is 0. The number of nitrogens with two attached hydrogens (primary N) is 1. The molecule has 0 saturated carbocycles. The molecule has 1 amide bonds. The molecule has 1 aliphatic heterocycles. The van der Waals surface area contributed by atoms with Crippen LogP contribution in [0.3, 0.4) is 0 Å². The molecule has 0 spiro atoms. The van der Waals surface area contributed by atoms with Gasteiger partial charge in [-0.3, -0.25) is 9.59 Å². The number of hydrogen-bond donors (Lipinski definition) is 2. The molecule has 0 bridgehead atoms. The van der Waals surface area contributed by atoms with E-state index in [2.05, 4.69) is 0 Å². The quantitative estimate of drug-likeness (QED) is 0.829. The highest BCUT2D eigenvalue weighted by atomic mass is 35.5. The van der Waals surface area contributed by atoms with Crippen LogP contribution in [0.2, 0.25) is 0 Å². The lowest BCUT2D eigenvalue weighted by Gasteiger charge is -2.17. The Hall–Kier alpha value is -2.32. The fourth-order valence-corrected chi connectivity index (χ4v) is 3.33. The molecule has 2 heterocycles. The van der Waals surface area contributed by atoms with Crippen LogP contribution in [-0.4, -0.2) is 35.4 Å². The number of benzene rings is 1. The van der Waals surface area contributed by atoms with E-state index in [1.807, 2.05) is 30.3 Å². The maximum Gasteiger partial charge on any atom is 0.431 e. The van der Waals surface area contributed by atoms with Gasteiger partial charge in [-0.15, -0.1) is 12.4 Å². The molecule has 27 heavy (non-hydrogen) atoms. The molecule has 0 unspecified atom stereocenters. The van der Waals surface area contributed by atoms with Crippen molar-refractivity contribution in [3.05, 3.63) is 69.6 Å². The number of carbonyl (C=O) groups excluding carboxylic acids is 1. The van der Waals surface area contributed by atoms with Gasteiger partial charge in [-0.1, -0.05) is 30.3 Å². The topological polar surface area (TPSA) is 79.2 Å². The largest absolute Gasteiger partial charge is 0.431 e. The van der Waals surface area contributed by atoms with Crippen LogP contribution in [-0.2, 0) is 6.18 Å². The van der Waals surface area contributed by atoms with Crippen LogP contribution in [0.5, 0.6) is 0 Å². The van der Waals surface area contributed by atoms with Gasteiger partial charge in [0.05, 0.1) is 0 Å². The summed E-state index contributed by atoms with van der Waals surface area (Å²) in [7, 11) is 0. The van der Waals surface area contributed by atoms with E-state index >= 15 is 0 Å². The summed E-state index contributed by atoms with van der Waals surface area (Å²) in [4.78, 5) is 27.8. The summed E-state index contributed by atoms with van der Waals surface area (Å²) in [6.07, 6.45) is -4.67. The van der Waals surface area contributed by atoms with Gasteiger partial charge in [0.1, 0.15) is 11.3 Å². The lowest BCUT2D eigenvalue weighted by molar-refractivity contribution is -0.141. The van der Waals surface area contributed by atoms with Crippen molar-refractivity contribution in [1.82, 2.24) is 9.88 Å². The average Bonchev–Trinajstić information content (AvgIpc) is 3.05. The molecule has 146 valence electrons. The third-order valence-electron chi connectivity index (χ3n) is 4.70. The predicted molar refractivity (Wildman–Crippen MR) is 96.9 cm³/mol. The SMILES string of the molecule is Cl.NC[C@@H]1CN(C(=O)c2ccc(C(F)(F)F)[nH]c2=O)C[C@H]1c1ccccc1. The van der Waals surface area contributed by atoms with E-state index in [4.69, 9.17) is 5.73 Å². The molecule has 3 N–H and O–H groups in total. The molecular weight excluding hydrogens is 383 g/mol. The zero-order valence-electron chi connectivity index (χ0n) is 14.2.